The molecule has 0 unspecified atom stereocenters. The van der Waals surface area contributed by atoms with E-state index in [2.05, 4.69) is 0 Å². The fraction of sp³-hybridized carbons (Fsp3) is 0.667. The predicted octanol–water partition coefficient (Wildman–Crippen LogP) is -1.64. The summed E-state index contributed by atoms with van der Waals surface area (Å²) >= 11 is 0. The van der Waals surface area contributed by atoms with Crippen LogP contribution in [0.5, 0.6) is 11.5 Å². The van der Waals surface area contributed by atoms with Crippen molar-refractivity contribution < 1.29 is 49.2 Å². The molecule has 2 saturated heterocycles. The lowest BCUT2D eigenvalue weighted by molar-refractivity contribution is -0.338. The molecule has 2 aliphatic rings. The van der Waals surface area contributed by atoms with Gasteiger partial charge in [0.2, 0.25) is 6.29 Å². The Kier molecular flexibility index (Phi) is 6.73. The van der Waals surface area contributed by atoms with Crippen LogP contribution in [0, 0.1) is 0 Å². The molecule has 0 amide bonds. The summed E-state index contributed by atoms with van der Waals surface area (Å²) in [6.07, 6.45) is -11.5. The summed E-state index contributed by atoms with van der Waals surface area (Å²) in [6, 6.07) is 6.60. The first kappa shape index (κ1) is 21.2. The minimum absolute atomic E-state index is 0.188. The first-order valence-corrected chi connectivity index (χ1v) is 8.95. The highest BCUT2D eigenvalue weighted by atomic mass is 16.7. The van der Waals surface area contributed by atoms with E-state index in [0.717, 1.165) is 0 Å². The third kappa shape index (κ3) is 4.39. The highest BCUT2D eigenvalue weighted by Gasteiger charge is 2.48. The average Bonchev–Trinajstić information content (AvgIpc) is 2.70. The zero-order chi connectivity index (χ0) is 20.4. The molecule has 0 radical (unpaired) electrons. The van der Waals surface area contributed by atoms with E-state index in [9.17, 15) is 25.5 Å². The van der Waals surface area contributed by atoms with Gasteiger partial charge in [-0.15, -0.1) is 0 Å². The molecule has 3 rings (SSSR count). The van der Waals surface area contributed by atoms with Crippen LogP contribution in [0.4, 0.5) is 0 Å². The quantitative estimate of drug-likeness (QED) is 0.389. The Morgan fingerprint density at radius 3 is 2.14 bits per heavy atom. The van der Waals surface area contributed by atoms with Crippen LogP contribution in [-0.2, 0) is 14.2 Å². The summed E-state index contributed by atoms with van der Waals surface area (Å²) in [4.78, 5) is 0. The van der Waals surface area contributed by atoms with Gasteiger partial charge in [-0.2, -0.15) is 0 Å². The second-order valence-corrected chi connectivity index (χ2v) is 6.84. The summed E-state index contributed by atoms with van der Waals surface area (Å²) in [5.74, 6) is 1.04. The van der Waals surface area contributed by atoms with Crippen molar-refractivity contribution in [3.63, 3.8) is 0 Å². The maximum Gasteiger partial charge on any atom is 0.228 e. The van der Waals surface area contributed by atoms with E-state index in [0.29, 0.717) is 11.5 Å². The van der Waals surface area contributed by atoms with Gasteiger partial charge in [-0.25, -0.2) is 0 Å². The Morgan fingerprint density at radius 2 is 1.50 bits per heavy atom. The van der Waals surface area contributed by atoms with Crippen molar-refractivity contribution in [2.24, 2.45) is 0 Å². The van der Waals surface area contributed by atoms with Crippen molar-refractivity contribution in [2.45, 2.75) is 62.2 Å². The molecular weight excluding hydrogens is 376 g/mol. The van der Waals surface area contributed by atoms with Gasteiger partial charge >= 0.3 is 0 Å². The summed E-state index contributed by atoms with van der Waals surface area (Å²) < 4.78 is 26.9. The number of methoxy groups -OCH3 is 1. The van der Waals surface area contributed by atoms with Crippen LogP contribution in [0.1, 0.15) is 6.92 Å². The largest absolute Gasteiger partial charge is 0.497 e. The van der Waals surface area contributed by atoms with Gasteiger partial charge in [-0.05, 0) is 31.2 Å². The maximum absolute atomic E-state index is 10.6. The Morgan fingerprint density at radius 1 is 0.857 bits per heavy atom. The average molecular weight is 402 g/mol. The Labute approximate surface area is 161 Å². The van der Waals surface area contributed by atoms with Crippen LogP contribution in [0.3, 0.4) is 0 Å². The molecule has 9 atom stereocenters. The summed E-state index contributed by atoms with van der Waals surface area (Å²) in [6.45, 7) is 1.31. The van der Waals surface area contributed by atoms with Gasteiger partial charge in [0.15, 0.2) is 6.29 Å². The van der Waals surface area contributed by atoms with E-state index < -0.39 is 55.3 Å². The molecule has 1 aromatic rings. The van der Waals surface area contributed by atoms with E-state index in [1.165, 1.54) is 14.0 Å². The molecule has 28 heavy (non-hydrogen) atoms. The van der Waals surface area contributed by atoms with Crippen LogP contribution >= 0.6 is 0 Å². The predicted molar refractivity (Wildman–Crippen MR) is 92.6 cm³/mol. The number of aliphatic hydroxyl groups is 5. The minimum Gasteiger partial charge on any atom is -0.497 e. The highest BCUT2D eigenvalue weighted by molar-refractivity contribution is 5.31. The second-order valence-electron chi connectivity index (χ2n) is 6.84. The van der Waals surface area contributed by atoms with Crippen LogP contribution < -0.4 is 9.47 Å². The van der Waals surface area contributed by atoms with Gasteiger partial charge < -0.3 is 49.2 Å². The number of aliphatic hydroxyl groups excluding tert-OH is 5. The Bertz CT molecular complexity index is 625. The Balaban J connectivity index is 1.66. The molecule has 5 N–H and O–H groups in total. The van der Waals surface area contributed by atoms with Crippen molar-refractivity contribution in [1.29, 1.82) is 0 Å². The first-order valence-electron chi connectivity index (χ1n) is 8.95. The highest BCUT2D eigenvalue weighted by Crippen LogP contribution is 2.28. The lowest BCUT2D eigenvalue weighted by Crippen LogP contribution is -2.62. The zero-order valence-electron chi connectivity index (χ0n) is 15.5. The zero-order valence-corrected chi connectivity index (χ0v) is 15.5. The third-order valence-corrected chi connectivity index (χ3v) is 4.84. The molecule has 2 aliphatic heterocycles. The van der Waals surface area contributed by atoms with Crippen LogP contribution in [0.15, 0.2) is 24.3 Å². The lowest BCUT2D eigenvalue weighted by atomic mass is 9.99. The fourth-order valence-electron chi connectivity index (χ4n) is 3.11. The van der Waals surface area contributed by atoms with Crippen molar-refractivity contribution in [3.8, 4) is 11.5 Å². The van der Waals surface area contributed by atoms with Gasteiger partial charge in [-0.3, -0.25) is 0 Å². The molecule has 158 valence electrons. The van der Waals surface area contributed by atoms with Crippen molar-refractivity contribution in [1.82, 2.24) is 0 Å². The number of rotatable bonds is 5. The second kappa shape index (κ2) is 8.89. The summed E-state index contributed by atoms with van der Waals surface area (Å²) in [5, 5.41) is 50.4. The first-order chi connectivity index (χ1) is 13.3. The number of hydrogen-bond donors (Lipinski definition) is 5. The van der Waals surface area contributed by atoms with Gasteiger partial charge in [-0.1, -0.05) is 0 Å². The summed E-state index contributed by atoms with van der Waals surface area (Å²) in [7, 11) is 1.53. The molecule has 10 heteroatoms. The van der Waals surface area contributed by atoms with E-state index >= 15 is 0 Å². The van der Waals surface area contributed by atoms with Gasteiger partial charge in [0.1, 0.15) is 48.1 Å². The molecular formula is C18H26O10. The molecule has 2 heterocycles. The molecule has 0 saturated carbocycles. The topological polar surface area (TPSA) is 147 Å². The fourth-order valence-corrected chi connectivity index (χ4v) is 3.11. The Hall–Kier alpha value is -1.50. The van der Waals surface area contributed by atoms with Gasteiger partial charge in [0, 0.05) is 0 Å². The molecule has 0 aliphatic carbocycles. The molecule has 10 nitrogen and oxygen atoms in total. The van der Waals surface area contributed by atoms with E-state index in [1.54, 1.807) is 24.3 Å². The van der Waals surface area contributed by atoms with Crippen LogP contribution in [0.2, 0.25) is 0 Å². The number of benzene rings is 1. The van der Waals surface area contributed by atoms with Gasteiger partial charge in [0.25, 0.3) is 0 Å². The van der Waals surface area contributed by atoms with Crippen molar-refractivity contribution >= 4 is 0 Å². The molecule has 0 spiro atoms. The molecule has 0 aromatic heterocycles. The lowest BCUT2D eigenvalue weighted by Gasteiger charge is -2.43. The van der Waals surface area contributed by atoms with Gasteiger partial charge in [0.05, 0.1) is 19.8 Å². The van der Waals surface area contributed by atoms with E-state index in [4.69, 9.17) is 23.7 Å². The van der Waals surface area contributed by atoms with E-state index in [-0.39, 0.29) is 6.61 Å². The normalized spacial score (nSPS) is 41.5. The summed E-state index contributed by atoms with van der Waals surface area (Å²) in [5.41, 5.74) is 0. The standard InChI is InChI=1S/C18H26O10/c1-8-12(20)13(21)14(22)18(26-8)28-16-11(19)7-25-17(15(16)23)27-10-5-3-9(24-2)4-6-10/h3-6,8,11-23H,7H2,1-2H3/t8-,11+,12-,13+,14+,15+,16+,17+,18+/m0/s1. The van der Waals surface area contributed by atoms with Crippen molar-refractivity contribution in [2.75, 3.05) is 13.7 Å². The minimum atomic E-state index is -1.56. The molecule has 2 fully saturated rings. The molecule has 0 bridgehead atoms. The molecule has 1 aromatic carbocycles. The number of hydrogen-bond acceptors (Lipinski definition) is 10. The maximum atomic E-state index is 10.6. The van der Waals surface area contributed by atoms with Crippen LogP contribution in [0.25, 0.3) is 0 Å². The monoisotopic (exact) mass is 402 g/mol. The number of ether oxygens (including phenoxy) is 5. The van der Waals surface area contributed by atoms with Crippen molar-refractivity contribution in [3.05, 3.63) is 24.3 Å². The smallest absolute Gasteiger partial charge is 0.228 e. The van der Waals surface area contributed by atoms with E-state index in [1.807, 2.05) is 0 Å². The SMILES string of the molecule is COc1ccc(O[C@H]2OC[C@@H](O)[C@@H](O[C@H]3O[C@@H](C)[C@H](O)[C@@H](O)[C@H]3O)[C@H]2O)cc1. The van der Waals surface area contributed by atoms with Crippen LogP contribution in [-0.4, -0.2) is 94.6 Å². The third-order valence-electron chi connectivity index (χ3n) is 4.84.